The van der Waals surface area contributed by atoms with Crippen LogP contribution in [0.4, 0.5) is 0 Å². The molecule has 0 aliphatic carbocycles. The van der Waals surface area contributed by atoms with E-state index in [0.29, 0.717) is 68.0 Å². The standard InChI is InChI=1S/C17H24Cl2N2O4S/c1-26(23,24)12-10-20-6-8-21(9-7-20)17(22)3-2-11-25-16-5-4-14(18)13-15(16)19/h4-5,13H,2-3,6-12H2,1H3. The van der Waals surface area contributed by atoms with Crippen LogP contribution in [0.5, 0.6) is 5.75 Å². The lowest BCUT2D eigenvalue weighted by Crippen LogP contribution is -2.49. The van der Waals surface area contributed by atoms with Gasteiger partial charge in [-0.05, 0) is 24.6 Å². The summed E-state index contributed by atoms with van der Waals surface area (Å²) in [5.41, 5.74) is 0. The molecular formula is C17H24Cl2N2O4S. The molecule has 0 N–H and O–H groups in total. The summed E-state index contributed by atoms with van der Waals surface area (Å²) in [6.45, 7) is 3.60. The molecule has 1 aliphatic rings. The van der Waals surface area contributed by atoms with Gasteiger partial charge in [0.05, 0.1) is 17.4 Å². The topological polar surface area (TPSA) is 66.9 Å². The highest BCUT2D eigenvalue weighted by Gasteiger charge is 2.21. The van der Waals surface area contributed by atoms with Crippen LogP contribution >= 0.6 is 23.2 Å². The molecule has 26 heavy (non-hydrogen) atoms. The van der Waals surface area contributed by atoms with E-state index in [0.717, 1.165) is 0 Å². The van der Waals surface area contributed by atoms with E-state index >= 15 is 0 Å². The van der Waals surface area contributed by atoms with Gasteiger partial charge in [0.15, 0.2) is 0 Å². The first kappa shape index (κ1) is 21.3. The first-order valence-electron chi connectivity index (χ1n) is 8.50. The average Bonchev–Trinajstić information content (AvgIpc) is 2.58. The van der Waals surface area contributed by atoms with Crippen molar-refractivity contribution in [3.05, 3.63) is 28.2 Å². The van der Waals surface area contributed by atoms with Crippen molar-refractivity contribution in [3.63, 3.8) is 0 Å². The molecule has 0 bridgehead atoms. The maximum atomic E-state index is 12.3. The van der Waals surface area contributed by atoms with E-state index < -0.39 is 9.84 Å². The smallest absolute Gasteiger partial charge is 0.222 e. The molecule has 1 aromatic rings. The van der Waals surface area contributed by atoms with Gasteiger partial charge in [-0.25, -0.2) is 8.42 Å². The second kappa shape index (κ2) is 9.78. The van der Waals surface area contributed by atoms with Crippen molar-refractivity contribution in [2.75, 3.05) is 51.3 Å². The third-order valence-electron chi connectivity index (χ3n) is 4.19. The van der Waals surface area contributed by atoms with E-state index in [1.807, 2.05) is 4.90 Å². The van der Waals surface area contributed by atoms with Crippen LogP contribution in [0.3, 0.4) is 0 Å². The number of rotatable bonds is 8. The van der Waals surface area contributed by atoms with Gasteiger partial charge in [0.25, 0.3) is 0 Å². The molecule has 1 aromatic carbocycles. The van der Waals surface area contributed by atoms with Crippen LogP contribution in [0.25, 0.3) is 0 Å². The Morgan fingerprint density at radius 2 is 1.88 bits per heavy atom. The fraction of sp³-hybridized carbons (Fsp3) is 0.588. The van der Waals surface area contributed by atoms with Crippen LogP contribution in [0.1, 0.15) is 12.8 Å². The van der Waals surface area contributed by atoms with Crippen molar-refractivity contribution in [3.8, 4) is 5.75 Å². The minimum atomic E-state index is -2.95. The van der Waals surface area contributed by atoms with E-state index in [9.17, 15) is 13.2 Å². The van der Waals surface area contributed by atoms with Crippen LogP contribution in [0, 0.1) is 0 Å². The van der Waals surface area contributed by atoms with Crippen LogP contribution in [0.15, 0.2) is 18.2 Å². The third-order valence-corrected chi connectivity index (χ3v) is 5.64. The van der Waals surface area contributed by atoms with E-state index in [4.69, 9.17) is 27.9 Å². The number of amides is 1. The zero-order valence-corrected chi connectivity index (χ0v) is 17.1. The number of hydrogen-bond acceptors (Lipinski definition) is 5. The predicted molar refractivity (Wildman–Crippen MR) is 104 cm³/mol. The van der Waals surface area contributed by atoms with Crippen molar-refractivity contribution in [2.45, 2.75) is 12.8 Å². The number of halogens is 2. The van der Waals surface area contributed by atoms with Gasteiger partial charge in [0, 0.05) is 50.4 Å². The molecule has 1 fully saturated rings. The molecule has 0 aromatic heterocycles. The number of piperazine rings is 1. The molecule has 0 saturated carbocycles. The molecule has 1 aliphatic heterocycles. The summed E-state index contributed by atoms with van der Waals surface area (Å²) in [6.07, 6.45) is 2.26. The molecule has 0 atom stereocenters. The van der Waals surface area contributed by atoms with Crippen molar-refractivity contribution in [2.24, 2.45) is 0 Å². The Morgan fingerprint density at radius 1 is 1.19 bits per heavy atom. The first-order valence-corrected chi connectivity index (χ1v) is 11.3. The Labute approximate surface area is 164 Å². The summed E-state index contributed by atoms with van der Waals surface area (Å²) >= 11 is 11.9. The van der Waals surface area contributed by atoms with E-state index in [1.54, 1.807) is 18.2 Å². The molecule has 0 unspecified atom stereocenters. The molecule has 9 heteroatoms. The molecule has 1 amide bonds. The zero-order chi connectivity index (χ0) is 19.2. The molecule has 2 rings (SSSR count). The van der Waals surface area contributed by atoms with Crippen molar-refractivity contribution < 1.29 is 17.9 Å². The molecule has 1 heterocycles. The van der Waals surface area contributed by atoms with Gasteiger partial charge in [-0.15, -0.1) is 0 Å². The molecule has 146 valence electrons. The van der Waals surface area contributed by atoms with Crippen LogP contribution in [-0.4, -0.2) is 75.5 Å². The zero-order valence-electron chi connectivity index (χ0n) is 14.8. The third kappa shape index (κ3) is 7.31. The van der Waals surface area contributed by atoms with E-state index in [1.165, 1.54) is 6.26 Å². The molecular weight excluding hydrogens is 399 g/mol. The molecule has 0 radical (unpaired) electrons. The Morgan fingerprint density at radius 3 is 2.50 bits per heavy atom. The number of nitrogens with zero attached hydrogens (tertiary/aromatic N) is 2. The number of sulfone groups is 1. The number of carbonyl (C=O) groups excluding carboxylic acids is 1. The normalized spacial score (nSPS) is 15.9. The minimum absolute atomic E-state index is 0.0959. The second-order valence-electron chi connectivity index (χ2n) is 6.38. The highest BCUT2D eigenvalue weighted by Crippen LogP contribution is 2.27. The Hall–Kier alpha value is -1.02. The van der Waals surface area contributed by atoms with Crippen LogP contribution < -0.4 is 4.74 Å². The largest absolute Gasteiger partial charge is 0.492 e. The summed E-state index contributed by atoms with van der Waals surface area (Å²) < 4.78 is 28.0. The number of carbonyl (C=O) groups is 1. The second-order valence-corrected chi connectivity index (χ2v) is 9.48. The highest BCUT2D eigenvalue weighted by molar-refractivity contribution is 7.90. The Kier molecular flexibility index (Phi) is 8.01. The lowest BCUT2D eigenvalue weighted by atomic mass is 10.2. The average molecular weight is 423 g/mol. The summed E-state index contributed by atoms with van der Waals surface area (Å²) in [5, 5.41) is 1.00. The highest BCUT2D eigenvalue weighted by atomic mass is 35.5. The van der Waals surface area contributed by atoms with Crippen molar-refractivity contribution >= 4 is 38.9 Å². The van der Waals surface area contributed by atoms with Gasteiger partial charge in [-0.1, -0.05) is 23.2 Å². The van der Waals surface area contributed by atoms with Gasteiger partial charge < -0.3 is 9.64 Å². The maximum Gasteiger partial charge on any atom is 0.222 e. The van der Waals surface area contributed by atoms with Gasteiger partial charge >= 0.3 is 0 Å². The van der Waals surface area contributed by atoms with Crippen molar-refractivity contribution in [1.29, 1.82) is 0 Å². The predicted octanol–water partition coefficient (Wildman–Crippen LogP) is 2.34. The SMILES string of the molecule is CS(=O)(=O)CCN1CCN(C(=O)CCCOc2ccc(Cl)cc2Cl)CC1. The van der Waals surface area contributed by atoms with Crippen molar-refractivity contribution in [1.82, 2.24) is 9.80 Å². The summed E-state index contributed by atoms with van der Waals surface area (Å²) in [4.78, 5) is 16.2. The van der Waals surface area contributed by atoms with E-state index in [2.05, 4.69) is 4.90 Å². The quantitative estimate of drug-likeness (QED) is 0.601. The Balaban J connectivity index is 1.64. The Bertz CT molecular complexity index is 719. The fourth-order valence-electron chi connectivity index (χ4n) is 2.67. The lowest BCUT2D eigenvalue weighted by molar-refractivity contribution is -0.133. The van der Waals surface area contributed by atoms with Crippen LogP contribution in [-0.2, 0) is 14.6 Å². The van der Waals surface area contributed by atoms with E-state index in [-0.39, 0.29) is 11.7 Å². The van der Waals surface area contributed by atoms with Gasteiger partial charge in [-0.3, -0.25) is 9.69 Å². The summed E-state index contributed by atoms with van der Waals surface area (Å²) in [5.74, 6) is 0.813. The first-order chi connectivity index (χ1) is 12.2. The lowest BCUT2D eigenvalue weighted by Gasteiger charge is -2.34. The summed E-state index contributed by atoms with van der Waals surface area (Å²) in [6, 6.07) is 5.03. The number of ether oxygens (including phenoxy) is 1. The molecule has 0 spiro atoms. The monoisotopic (exact) mass is 422 g/mol. The van der Waals surface area contributed by atoms with Gasteiger partial charge in [-0.2, -0.15) is 0 Å². The maximum absolute atomic E-state index is 12.3. The van der Waals surface area contributed by atoms with Gasteiger partial charge in [0.1, 0.15) is 15.6 Å². The molecule has 1 saturated heterocycles. The minimum Gasteiger partial charge on any atom is -0.492 e. The number of hydrogen-bond donors (Lipinski definition) is 0. The van der Waals surface area contributed by atoms with Crippen LogP contribution in [0.2, 0.25) is 10.0 Å². The summed E-state index contributed by atoms with van der Waals surface area (Å²) in [7, 11) is -2.95. The fourth-order valence-corrected chi connectivity index (χ4v) is 3.72. The number of benzene rings is 1. The molecule has 6 nitrogen and oxygen atoms in total. The van der Waals surface area contributed by atoms with Gasteiger partial charge in [0.2, 0.25) is 5.91 Å².